The van der Waals surface area contributed by atoms with Crippen LogP contribution in [0.5, 0.6) is 0 Å². The number of carbonyl (C=O) groups excluding carboxylic acids is 1. The quantitative estimate of drug-likeness (QED) is 0.747. The highest BCUT2D eigenvalue weighted by atomic mass is 32.2. The van der Waals surface area contributed by atoms with Crippen LogP contribution in [0.3, 0.4) is 0 Å². The average Bonchev–Trinajstić information content (AvgIpc) is 2.92. The molecule has 1 saturated heterocycles. The SMILES string of the molecule is CC1=C(c2ccc(C)cc2)S(=O)(=O)N=C1N1CCC(NC(=O)NCCC(C)C)CC1. The van der Waals surface area contributed by atoms with Gasteiger partial charge < -0.3 is 15.5 Å². The molecule has 2 aliphatic rings. The summed E-state index contributed by atoms with van der Waals surface area (Å²) < 4.78 is 29.6. The van der Waals surface area contributed by atoms with Gasteiger partial charge in [0.25, 0.3) is 10.0 Å². The molecule has 30 heavy (non-hydrogen) atoms. The molecule has 2 N–H and O–H groups in total. The molecule has 3 rings (SSSR count). The zero-order valence-corrected chi connectivity index (χ0v) is 19.1. The minimum atomic E-state index is -3.70. The second-order valence-electron chi connectivity index (χ2n) is 8.55. The third kappa shape index (κ3) is 5.22. The summed E-state index contributed by atoms with van der Waals surface area (Å²) in [6.07, 6.45) is 2.46. The number of aryl methyl sites for hydroxylation is 1. The molecular formula is C22H32N4O3S. The van der Waals surface area contributed by atoms with Crippen molar-refractivity contribution in [1.82, 2.24) is 15.5 Å². The fraction of sp³-hybridized carbons (Fsp3) is 0.545. The second kappa shape index (κ2) is 9.20. The van der Waals surface area contributed by atoms with E-state index in [0.29, 0.717) is 47.4 Å². The fourth-order valence-electron chi connectivity index (χ4n) is 3.83. The Morgan fingerprint density at radius 3 is 2.40 bits per heavy atom. The van der Waals surface area contributed by atoms with Gasteiger partial charge in [-0.1, -0.05) is 43.7 Å². The van der Waals surface area contributed by atoms with Crippen LogP contribution in [0.15, 0.2) is 34.2 Å². The first-order valence-electron chi connectivity index (χ1n) is 10.6. The van der Waals surface area contributed by atoms with E-state index in [0.717, 1.165) is 24.8 Å². The molecule has 1 aromatic rings. The molecule has 1 fully saturated rings. The van der Waals surface area contributed by atoms with Crippen molar-refractivity contribution in [1.29, 1.82) is 0 Å². The monoisotopic (exact) mass is 432 g/mol. The Labute approximate surface area is 179 Å². The maximum Gasteiger partial charge on any atom is 0.315 e. The molecule has 164 valence electrons. The fourth-order valence-corrected chi connectivity index (χ4v) is 5.32. The molecule has 0 bridgehead atoms. The molecule has 7 nitrogen and oxygen atoms in total. The molecule has 0 atom stereocenters. The molecule has 2 amide bonds. The second-order valence-corrected chi connectivity index (χ2v) is 10.1. The molecule has 0 unspecified atom stereocenters. The lowest BCUT2D eigenvalue weighted by atomic mass is 10.0. The number of amidine groups is 1. The number of hydrogen-bond donors (Lipinski definition) is 2. The molecular weight excluding hydrogens is 400 g/mol. The topological polar surface area (TPSA) is 90.9 Å². The number of carbonyl (C=O) groups is 1. The van der Waals surface area contributed by atoms with Crippen LogP contribution in [0.1, 0.15) is 51.2 Å². The van der Waals surface area contributed by atoms with E-state index < -0.39 is 10.0 Å². The van der Waals surface area contributed by atoms with Gasteiger partial charge in [0.2, 0.25) is 0 Å². The highest BCUT2D eigenvalue weighted by molar-refractivity contribution is 8.00. The largest absolute Gasteiger partial charge is 0.356 e. The van der Waals surface area contributed by atoms with Gasteiger partial charge in [-0.15, -0.1) is 4.40 Å². The predicted octanol–water partition coefficient (Wildman–Crippen LogP) is 3.28. The van der Waals surface area contributed by atoms with E-state index >= 15 is 0 Å². The van der Waals surface area contributed by atoms with Crippen LogP contribution in [0.2, 0.25) is 0 Å². The number of sulfonamides is 1. The number of amides is 2. The molecule has 8 heteroatoms. The highest BCUT2D eigenvalue weighted by Crippen LogP contribution is 2.34. The van der Waals surface area contributed by atoms with E-state index in [1.54, 1.807) is 0 Å². The minimum absolute atomic E-state index is 0.0831. The van der Waals surface area contributed by atoms with Gasteiger partial charge in [-0.3, -0.25) is 0 Å². The van der Waals surface area contributed by atoms with Crippen molar-refractivity contribution >= 4 is 26.8 Å². The van der Waals surface area contributed by atoms with Crippen LogP contribution < -0.4 is 10.6 Å². The van der Waals surface area contributed by atoms with Crippen molar-refractivity contribution in [2.75, 3.05) is 19.6 Å². The molecule has 1 aromatic carbocycles. The van der Waals surface area contributed by atoms with Gasteiger partial charge in [0.1, 0.15) is 10.7 Å². The van der Waals surface area contributed by atoms with Gasteiger partial charge in [-0.25, -0.2) is 4.79 Å². The Balaban J connectivity index is 1.61. The van der Waals surface area contributed by atoms with Gasteiger partial charge in [0, 0.05) is 31.2 Å². The van der Waals surface area contributed by atoms with E-state index in [-0.39, 0.29) is 12.1 Å². The number of hydrogen-bond acceptors (Lipinski definition) is 4. The molecule has 0 aromatic heterocycles. The lowest BCUT2D eigenvalue weighted by molar-refractivity contribution is 0.226. The summed E-state index contributed by atoms with van der Waals surface area (Å²) in [6.45, 7) is 10.0. The van der Waals surface area contributed by atoms with E-state index in [9.17, 15) is 13.2 Å². The number of piperidine rings is 1. The zero-order chi connectivity index (χ0) is 21.9. The number of likely N-dealkylation sites (tertiary alicyclic amines) is 1. The summed E-state index contributed by atoms with van der Waals surface area (Å²) in [4.78, 5) is 14.4. The summed E-state index contributed by atoms with van der Waals surface area (Å²) in [7, 11) is -3.70. The van der Waals surface area contributed by atoms with E-state index in [4.69, 9.17) is 0 Å². The lowest BCUT2D eigenvalue weighted by Crippen LogP contribution is -2.49. The first-order valence-corrected chi connectivity index (χ1v) is 12.0. The molecule has 0 spiro atoms. The number of benzene rings is 1. The molecule has 2 aliphatic heterocycles. The summed E-state index contributed by atoms with van der Waals surface area (Å²) >= 11 is 0. The average molecular weight is 433 g/mol. The van der Waals surface area contributed by atoms with E-state index in [1.165, 1.54) is 0 Å². The number of urea groups is 1. The van der Waals surface area contributed by atoms with Crippen molar-refractivity contribution in [2.45, 2.75) is 53.0 Å². The van der Waals surface area contributed by atoms with Gasteiger partial charge in [-0.05, 0) is 44.6 Å². The van der Waals surface area contributed by atoms with Crippen molar-refractivity contribution in [3.05, 3.63) is 41.0 Å². The third-order valence-corrected chi connectivity index (χ3v) is 7.06. The molecule has 0 saturated carbocycles. The smallest absolute Gasteiger partial charge is 0.315 e. The molecule has 0 aliphatic carbocycles. The van der Waals surface area contributed by atoms with Gasteiger partial charge in [0.15, 0.2) is 0 Å². The molecule has 2 heterocycles. The summed E-state index contributed by atoms with van der Waals surface area (Å²) in [5.41, 5.74) is 2.44. The Kier molecular flexibility index (Phi) is 6.85. The standard InChI is InChI=1S/C22H32N4O3S/c1-15(2)9-12-23-22(27)24-19-10-13-26(14-11-19)21-17(4)20(30(28,29)25-21)18-7-5-16(3)6-8-18/h5-8,15,19H,9-14H2,1-4H3,(H2,23,24,27). The number of nitrogens with zero attached hydrogens (tertiary/aromatic N) is 2. The van der Waals surface area contributed by atoms with Crippen LogP contribution in [0, 0.1) is 12.8 Å². The summed E-state index contributed by atoms with van der Waals surface area (Å²) in [5.74, 6) is 1.09. The van der Waals surface area contributed by atoms with Crippen LogP contribution in [0.25, 0.3) is 4.91 Å². The van der Waals surface area contributed by atoms with Crippen molar-refractivity contribution in [3.8, 4) is 0 Å². The van der Waals surface area contributed by atoms with Crippen LogP contribution in [-0.4, -0.2) is 50.9 Å². The Morgan fingerprint density at radius 1 is 1.17 bits per heavy atom. The first-order chi connectivity index (χ1) is 14.2. The van der Waals surface area contributed by atoms with Crippen molar-refractivity contribution in [3.63, 3.8) is 0 Å². The normalized spacial score (nSPS) is 19.2. The maximum atomic E-state index is 12.7. The zero-order valence-electron chi connectivity index (χ0n) is 18.2. The van der Waals surface area contributed by atoms with E-state index in [1.807, 2.05) is 43.0 Å². The van der Waals surface area contributed by atoms with Crippen LogP contribution >= 0.6 is 0 Å². The number of nitrogens with one attached hydrogen (secondary N) is 2. The Bertz CT molecular complexity index is 941. The lowest BCUT2D eigenvalue weighted by Gasteiger charge is -2.33. The van der Waals surface area contributed by atoms with Crippen LogP contribution in [-0.2, 0) is 10.0 Å². The van der Waals surface area contributed by atoms with E-state index in [2.05, 4.69) is 28.9 Å². The summed E-state index contributed by atoms with van der Waals surface area (Å²) in [5, 5.41) is 5.92. The minimum Gasteiger partial charge on any atom is -0.356 e. The van der Waals surface area contributed by atoms with Gasteiger partial charge in [-0.2, -0.15) is 8.42 Å². The first kappa shape index (κ1) is 22.3. The van der Waals surface area contributed by atoms with Gasteiger partial charge in [0.05, 0.1) is 0 Å². The van der Waals surface area contributed by atoms with Crippen molar-refractivity contribution in [2.24, 2.45) is 10.3 Å². The summed E-state index contributed by atoms with van der Waals surface area (Å²) in [6, 6.07) is 7.43. The van der Waals surface area contributed by atoms with Gasteiger partial charge >= 0.3 is 6.03 Å². The molecule has 0 radical (unpaired) electrons. The number of rotatable bonds is 5. The maximum absolute atomic E-state index is 12.7. The highest BCUT2D eigenvalue weighted by Gasteiger charge is 2.34. The Hall–Kier alpha value is -2.35. The van der Waals surface area contributed by atoms with Crippen LogP contribution in [0.4, 0.5) is 4.79 Å². The Morgan fingerprint density at radius 2 is 1.80 bits per heavy atom. The predicted molar refractivity (Wildman–Crippen MR) is 121 cm³/mol. The van der Waals surface area contributed by atoms with Crippen molar-refractivity contribution < 1.29 is 13.2 Å². The third-order valence-electron chi connectivity index (χ3n) is 5.59.